The van der Waals surface area contributed by atoms with E-state index in [0.717, 1.165) is 44.1 Å². The molecule has 1 aromatic heterocycles. The van der Waals surface area contributed by atoms with Crippen molar-refractivity contribution in [1.29, 1.82) is 0 Å². The number of benzene rings is 1. The summed E-state index contributed by atoms with van der Waals surface area (Å²) in [7, 11) is -3.84. The van der Waals surface area contributed by atoms with Crippen LogP contribution in [0.2, 0.25) is 0 Å². The molecule has 202 valence electrons. The molecule has 1 unspecified atom stereocenters. The second-order valence-electron chi connectivity index (χ2n) is 12.6. The van der Waals surface area contributed by atoms with E-state index in [0.29, 0.717) is 30.1 Å². The Morgan fingerprint density at radius 1 is 1.08 bits per heavy atom. The normalized spacial score (nSPS) is 35.3. The molecular formula is C30H38N4O3S. The van der Waals surface area contributed by atoms with Crippen molar-refractivity contribution in [2.24, 2.45) is 34.5 Å². The quantitative estimate of drug-likeness (QED) is 0.489. The predicted molar refractivity (Wildman–Crippen MR) is 144 cm³/mol. The Morgan fingerprint density at radius 2 is 1.84 bits per heavy atom. The lowest BCUT2D eigenvalue weighted by Crippen LogP contribution is -2.49. The molecule has 0 bridgehead atoms. The maximum atomic E-state index is 13.6. The van der Waals surface area contributed by atoms with Crippen LogP contribution in [0.5, 0.6) is 0 Å². The van der Waals surface area contributed by atoms with Gasteiger partial charge >= 0.3 is 0 Å². The van der Waals surface area contributed by atoms with Gasteiger partial charge in [-0.05, 0) is 114 Å². The van der Waals surface area contributed by atoms with Crippen LogP contribution in [-0.4, -0.2) is 34.4 Å². The molecule has 8 heteroatoms. The SMILES string of the molecule is CCC([C@H]1CC[C@H]2[C@@H]3C=CC4=CC(=O)CC[C@]4(C)[C@H]3CC[C@]12C)n1nnnc1S(=O)(=O)c1ccc(C)cc1. The van der Waals surface area contributed by atoms with Crippen molar-refractivity contribution in [2.75, 3.05) is 0 Å². The van der Waals surface area contributed by atoms with E-state index in [1.165, 1.54) is 5.57 Å². The number of carbonyl (C=O) groups excluding carboxylic acids is 1. The van der Waals surface area contributed by atoms with Gasteiger partial charge in [0.1, 0.15) is 0 Å². The number of sulfone groups is 1. The van der Waals surface area contributed by atoms with Crippen molar-refractivity contribution in [3.8, 4) is 0 Å². The van der Waals surface area contributed by atoms with Crippen LogP contribution in [0.4, 0.5) is 0 Å². The number of carbonyl (C=O) groups is 1. The highest BCUT2D eigenvalue weighted by atomic mass is 32.2. The Morgan fingerprint density at radius 3 is 2.58 bits per heavy atom. The average molecular weight is 535 g/mol. The Bertz CT molecular complexity index is 1430. The van der Waals surface area contributed by atoms with E-state index in [9.17, 15) is 13.2 Å². The molecule has 2 saturated carbocycles. The Hall–Kier alpha value is -2.61. The van der Waals surface area contributed by atoms with E-state index >= 15 is 0 Å². The minimum absolute atomic E-state index is 0.0549. The van der Waals surface area contributed by atoms with Crippen LogP contribution in [0.25, 0.3) is 0 Å². The maximum Gasteiger partial charge on any atom is 0.272 e. The van der Waals surface area contributed by atoms with Crippen molar-refractivity contribution >= 4 is 15.6 Å². The lowest BCUT2D eigenvalue weighted by Gasteiger charge is -2.56. The number of fused-ring (bicyclic) bond motifs is 5. The molecule has 0 aliphatic heterocycles. The summed E-state index contributed by atoms with van der Waals surface area (Å²) in [5.74, 6) is 2.11. The lowest BCUT2D eigenvalue weighted by molar-refractivity contribution is -0.116. The topological polar surface area (TPSA) is 94.8 Å². The fourth-order valence-corrected chi connectivity index (χ4v) is 9.96. The maximum absolute atomic E-state index is 13.6. The fraction of sp³-hybridized carbons (Fsp3) is 0.600. The highest BCUT2D eigenvalue weighted by Gasteiger charge is 2.59. The molecule has 0 amide bonds. The van der Waals surface area contributed by atoms with Gasteiger partial charge in [0.2, 0.25) is 9.84 Å². The summed E-state index contributed by atoms with van der Waals surface area (Å²) >= 11 is 0. The second kappa shape index (κ2) is 8.97. The summed E-state index contributed by atoms with van der Waals surface area (Å²) in [5.41, 5.74) is 2.37. The molecule has 0 spiro atoms. The number of nitrogens with zero attached hydrogens (tertiary/aromatic N) is 4. The molecule has 38 heavy (non-hydrogen) atoms. The Labute approximate surface area is 225 Å². The zero-order valence-corrected chi connectivity index (χ0v) is 23.6. The zero-order chi connectivity index (χ0) is 26.9. The van der Waals surface area contributed by atoms with Crippen molar-refractivity contribution in [3.05, 3.63) is 53.6 Å². The van der Waals surface area contributed by atoms with E-state index in [4.69, 9.17) is 0 Å². The largest absolute Gasteiger partial charge is 0.295 e. The van der Waals surface area contributed by atoms with Crippen LogP contribution < -0.4 is 0 Å². The highest BCUT2D eigenvalue weighted by Crippen LogP contribution is 2.66. The zero-order valence-electron chi connectivity index (χ0n) is 22.8. The van der Waals surface area contributed by atoms with Gasteiger partial charge in [0.05, 0.1) is 10.9 Å². The van der Waals surface area contributed by atoms with Gasteiger partial charge in [-0.3, -0.25) is 4.79 Å². The molecule has 7 atom stereocenters. The molecule has 1 aromatic carbocycles. The van der Waals surface area contributed by atoms with Gasteiger partial charge in [-0.25, -0.2) is 13.1 Å². The fourth-order valence-electron chi connectivity index (χ4n) is 8.69. The van der Waals surface area contributed by atoms with Crippen molar-refractivity contribution < 1.29 is 13.2 Å². The number of aryl methyl sites for hydroxylation is 1. The van der Waals surface area contributed by atoms with E-state index in [2.05, 4.69) is 48.4 Å². The summed E-state index contributed by atoms with van der Waals surface area (Å²) in [5, 5.41) is 12.1. The first-order chi connectivity index (χ1) is 18.1. The summed E-state index contributed by atoms with van der Waals surface area (Å²) in [6.07, 6.45) is 13.3. The summed E-state index contributed by atoms with van der Waals surface area (Å²) in [6.45, 7) is 8.86. The van der Waals surface area contributed by atoms with E-state index in [-0.39, 0.29) is 32.7 Å². The first kappa shape index (κ1) is 25.7. The van der Waals surface area contributed by atoms with E-state index in [1.54, 1.807) is 28.9 Å². The second-order valence-corrected chi connectivity index (χ2v) is 14.4. The third-order valence-electron chi connectivity index (χ3n) is 10.8. The molecule has 0 saturated heterocycles. The highest BCUT2D eigenvalue weighted by molar-refractivity contribution is 7.91. The van der Waals surface area contributed by atoms with Crippen molar-refractivity contribution in [3.63, 3.8) is 0 Å². The number of allylic oxidation sites excluding steroid dienone is 4. The van der Waals surface area contributed by atoms with Gasteiger partial charge in [-0.1, -0.05) is 55.7 Å². The molecule has 2 fully saturated rings. The lowest BCUT2D eigenvalue weighted by atomic mass is 9.48. The third-order valence-corrected chi connectivity index (χ3v) is 12.5. The first-order valence-corrected chi connectivity index (χ1v) is 15.6. The molecule has 1 heterocycles. The predicted octanol–water partition coefficient (Wildman–Crippen LogP) is 5.69. The van der Waals surface area contributed by atoms with Gasteiger partial charge in [0, 0.05) is 6.42 Å². The number of tetrazole rings is 1. The van der Waals surface area contributed by atoms with Gasteiger partial charge in [0.25, 0.3) is 5.16 Å². The number of ketones is 1. The van der Waals surface area contributed by atoms with Gasteiger partial charge in [-0.15, -0.1) is 0 Å². The van der Waals surface area contributed by atoms with Crippen LogP contribution >= 0.6 is 0 Å². The van der Waals surface area contributed by atoms with Crippen LogP contribution in [0.3, 0.4) is 0 Å². The number of aromatic nitrogens is 4. The summed E-state index contributed by atoms with van der Waals surface area (Å²) in [6, 6.07) is 6.80. The minimum atomic E-state index is -3.84. The minimum Gasteiger partial charge on any atom is -0.295 e. The number of hydrogen-bond acceptors (Lipinski definition) is 6. The summed E-state index contributed by atoms with van der Waals surface area (Å²) < 4.78 is 28.8. The molecule has 7 nitrogen and oxygen atoms in total. The molecule has 4 aliphatic rings. The van der Waals surface area contributed by atoms with Gasteiger partial charge in [-0.2, -0.15) is 0 Å². The van der Waals surface area contributed by atoms with E-state index in [1.807, 2.05) is 13.0 Å². The summed E-state index contributed by atoms with van der Waals surface area (Å²) in [4.78, 5) is 12.4. The molecule has 6 rings (SSSR count). The van der Waals surface area contributed by atoms with Crippen LogP contribution in [0, 0.1) is 41.4 Å². The molecule has 4 aliphatic carbocycles. The smallest absolute Gasteiger partial charge is 0.272 e. The third kappa shape index (κ3) is 3.69. The van der Waals surface area contributed by atoms with Gasteiger partial charge in [0.15, 0.2) is 5.78 Å². The first-order valence-electron chi connectivity index (χ1n) is 14.1. The average Bonchev–Trinajstić information content (AvgIpc) is 3.51. The standard InChI is InChI=1S/C30H38N4O3S/c1-5-27(34-28(31-32-33-34)38(36,37)22-9-6-19(2)7-10-22)26-13-12-24-23-11-8-20-18-21(35)14-16-29(20,3)25(23)15-17-30(24,26)4/h6-11,18,23-27H,5,12-17H2,1-4H3/t23-,24-,25-,26+,27?,29-,30-/m0/s1. The van der Waals surface area contributed by atoms with Crippen LogP contribution in [0.1, 0.15) is 77.3 Å². The number of rotatable bonds is 5. The Balaban J connectivity index is 1.33. The van der Waals surface area contributed by atoms with Crippen molar-refractivity contribution in [2.45, 2.75) is 88.7 Å². The van der Waals surface area contributed by atoms with Crippen LogP contribution in [-0.2, 0) is 14.6 Å². The van der Waals surface area contributed by atoms with E-state index < -0.39 is 9.84 Å². The molecule has 0 radical (unpaired) electrons. The molecular weight excluding hydrogens is 496 g/mol. The molecule has 0 N–H and O–H groups in total. The van der Waals surface area contributed by atoms with Gasteiger partial charge < -0.3 is 0 Å². The monoisotopic (exact) mass is 534 g/mol. The number of hydrogen-bond donors (Lipinski definition) is 0. The van der Waals surface area contributed by atoms with Crippen molar-refractivity contribution in [1.82, 2.24) is 20.2 Å². The molecule has 2 aromatic rings. The van der Waals surface area contributed by atoms with Crippen LogP contribution in [0.15, 0.2) is 58.1 Å². The Kier molecular flexibility index (Phi) is 6.05.